The summed E-state index contributed by atoms with van der Waals surface area (Å²) in [7, 11) is 1.81. The molecule has 39 heavy (non-hydrogen) atoms. The first-order valence-electron chi connectivity index (χ1n) is 11.8. The molecule has 0 fully saturated rings. The minimum Gasteiger partial charge on any atom is -0.478 e. The van der Waals surface area contributed by atoms with Crippen molar-refractivity contribution < 1.29 is 34.1 Å². The number of carbonyl (C=O) groups is 4. The molecule has 0 spiro atoms. The summed E-state index contributed by atoms with van der Waals surface area (Å²) in [5.74, 6) is -2.44. The first-order chi connectivity index (χ1) is 18.7. The molecule has 4 aromatic carbocycles. The van der Waals surface area contributed by atoms with E-state index in [2.05, 4.69) is 10.6 Å². The fraction of sp³-hybridized carbons (Fsp3) is 0.0667. The molecule has 0 saturated carbocycles. The van der Waals surface area contributed by atoms with Crippen LogP contribution < -0.4 is 15.4 Å². The number of ketones is 1. The van der Waals surface area contributed by atoms with E-state index < -0.39 is 23.6 Å². The Balaban J connectivity index is 1.59. The van der Waals surface area contributed by atoms with Gasteiger partial charge in [-0.05, 0) is 78.7 Å². The molecular weight excluding hydrogens is 500 g/mol. The van der Waals surface area contributed by atoms with Crippen molar-refractivity contribution in [2.75, 3.05) is 17.7 Å². The maximum absolute atomic E-state index is 13.1. The molecule has 0 atom stereocenters. The lowest BCUT2D eigenvalue weighted by Gasteiger charge is -2.12. The Bertz CT molecular complexity index is 1590. The second-order valence-electron chi connectivity index (χ2n) is 8.55. The van der Waals surface area contributed by atoms with Gasteiger partial charge in [-0.15, -0.1) is 0 Å². The number of carboxylic acid groups (broad SMARTS) is 2. The van der Waals surface area contributed by atoms with E-state index in [-0.39, 0.29) is 22.3 Å². The van der Waals surface area contributed by atoms with Crippen LogP contribution in [0.15, 0.2) is 84.9 Å². The Morgan fingerprint density at radius 3 is 1.79 bits per heavy atom. The molecule has 9 nitrogen and oxygen atoms in total. The van der Waals surface area contributed by atoms with Gasteiger partial charge in [0.15, 0.2) is 5.78 Å². The zero-order valence-corrected chi connectivity index (χ0v) is 21.0. The highest BCUT2D eigenvalue weighted by Crippen LogP contribution is 2.28. The van der Waals surface area contributed by atoms with Crippen LogP contribution in [0.3, 0.4) is 0 Å². The van der Waals surface area contributed by atoms with Crippen LogP contribution in [0, 0.1) is 0 Å². The minimum absolute atomic E-state index is 0.00769. The summed E-state index contributed by atoms with van der Waals surface area (Å²) in [6, 6.07) is 22.4. The molecule has 4 N–H and O–H groups in total. The van der Waals surface area contributed by atoms with Crippen molar-refractivity contribution in [2.45, 2.75) is 6.92 Å². The number of carbonyl (C=O) groups excluding carboxylic acids is 2. The van der Waals surface area contributed by atoms with Crippen LogP contribution >= 0.6 is 0 Å². The van der Waals surface area contributed by atoms with Crippen molar-refractivity contribution in [1.82, 2.24) is 0 Å². The smallest absolute Gasteiger partial charge is 0.336 e. The SMILES string of the molecule is CNc1cccc(Oc2ccc(NC(=O)c3cc(-c4ccc(C(=O)O)c(C(C)=O)c4)ccc3C(=O)O)cc2)c1. The number of ether oxygens (including phenoxy) is 1. The second-order valence-corrected chi connectivity index (χ2v) is 8.55. The van der Waals surface area contributed by atoms with E-state index >= 15 is 0 Å². The van der Waals surface area contributed by atoms with Crippen LogP contribution in [0.2, 0.25) is 0 Å². The van der Waals surface area contributed by atoms with Crippen molar-refractivity contribution in [2.24, 2.45) is 0 Å². The molecule has 0 radical (unpaired) electrons. The van der Waals surface area contributed by atoms with Gasteiger partial charge >= 0.3 is 11.9 Å². The Morgan fingerprint density at radius 2 is 1.23 bits per heavy atom. The molecule has 0 aliphatic carbocycles. The molecule has 0 bridgehead atoms. The Hall–Kier alpha value is -5.44. The van der Waals surface area contributed by atoms with Gasteiger partial charge in [-0.2, -0.15) is 0 Å². The van der Waals surface area contributed by atoms with E-state index in [0.29, 0.717) is 28.3 Å². The predicted octanol–water partition coefficient (Wildman–Crippen LogP) is 6.04. The molecule has 4 rings (SSSR count). The zero-order chi connectivity index (χ0) is 28.1. The summed E-state index contributed by atoms with van der Waals surface area (Å²) >= 11 is 0. The molecular formula is C30H24N2O7. The van der Waals surface area contributed by atoms with Crippen LogP contribution in [-0.4, -0.2) is 40.9 Å². The average molecular weight is 525 g/mol. The van der Waals surface area contributed by atoms with E-state index in [1.165, 1.54) is 43.3 Å². The summed E-state index contributed by atoms with van der Waals surface area (Å²) in [6.07, 6.45) is 0. The fourth-order valence-electron chi connectivity index (χ4n) is 3.96. The number of rotatable bonds is 9. The predicted molar refractivity (Wildman–Crippen MR) is 146 cm³/mol. The van der Waals surface area contributed by atoms with Crippen molar-refractivity contribution in [3.8, 4) is 22.6 Å². The molecule has 0 aromatic heterocycles. The first kappa shape index (κ1) is 26.6. The molecule has 0 saturated heterocycles. The highest BCUT2D eigenvalue weighted by atomic mass is 16.5. The highest BCUT2D eigenvalue weighted by Gasteiger charge is 2.20. The fourth-order valence-corrected chi connectivity index (χ4v) is 3.96. The molecule has 0 aliphatic heterocycles. The van der Waals surface area contributed by atoms with Gasteiger partial charge in [-0.1, -0.05) is 18.2 Å². The van der Waals surface area contributed by atoms with E-state index in [4.69, 9.17) is 4.74 Å². The lowest BCUT2D eigenvalue weighted by Crippen LogP contribution is -2.16. The maximum Gasteiger partial charge on any atom is 0.336 e. The van der Waals surface area contributed by atoms with Crippen molar-refractivity contribution >= 4 is 35.0 Å². The number of hydrogen-bond donors (Lipinski definition) is 4. The van der Waals surface area contributed by atoms with E-state index in [0.717, 1.165) is 5.69 Å². The second kappa shape index (κ2) is 11.3. The Labute approximate surface area is 223 Å². The van der Waals surface area contributed by atoms with Crippen molar-refractivity contribution in [3.63, 3.8) is 0 Å². The number of benzene rings is 4. The standard InChI is InChI=1S/C30H24N2O7/c1-17(33)26-14-18(6-12-24(26)29(35)36)19-7-13-25(30(37)38)27(15-19)28(34)32-20-8-10-22(11-9-20)39-23-5-3-4-21(16-23)31-2/h3-16,31H,1-2H3,(H,32,34)(H,35,36)(H,37,38). The summed E-state index contributed by atoms with van der Waals surface area (Å²) in [6.45, 7) is 1.26. The molecule has 1 amide bonds. The number of nitrogens with one attached hydrogen (secondary N) is 2. The lowest BCUT2D eigenvalue weighted by atomic mass is 9.94. The van der Waals surface area contributed by atoms with Gasteiger partial charge in [0.1, 0.15) is 11.5 Å². The van der Waals surface area contributed by atoms with Gasteiger partial charge in [0.2, 0.25) is 0 Å². The highest BCUT2D eigenvalue weighted by molar-refractivity contribution is 6.11. The van der Waals surface area contributed by atoms with Gasteiger partial charge in [0, 0.05) is 30.1 Å². The number of aromatic carboxylic acids is 2. The summed E-state index contributed by atoms with van der Waals surface area (Å²) in [5.41, 5.74) is 1.76. The zero-order valence-electron chi connectivity index (χ0n) is 21.0. The van der Waals surface area contributed by atoms with E-state index in [1.807, 2.05) is 24.3 Å². The molecule has 9 heteroatoms. The number of anilines is 2. The third-order valence-electron chi connectivity index (χ3n) is 5.93. The average Bonchev–Trinajstić information content (AvgIpc) is 2.93. The lowest BCUT2D eigenvalue weighted by molar-refractivity contribution is 0.0683. The third kappa shape index (κ3) is 6.11. The molecule has 0 unspecified atom stereocenters. The number of carboxylic acids is 2. The summed E-state index contributed by atoms with van der Waals surface area (Å²) in [5, 5.41) is 24.7. The molecule has 196 valence electrons. The van der Waals surface area contributed by atoms with E-state index in [9.17, 15) is 29.4 Å². The quantitative estimate of drug-likeness (QED) is 0.194. The summed E-state index contributed by atoms with van der Waals surface area (Å²) < 4.78 is 5.84. The monoisotopic (exact) mass is 524 g/mol. The van der Waals surface area contributed by atoms with Gasteiger partial charge in [0.25, 0.3) is 5.91 Å². The Kier molecular flexibility index (Phi) is 7.72. The summed E-state index contributed by atoms with van der Waals surface area (Å²) in [4.78, 5) is 48.5. The third-order valence-corrected chi connectivity index (χ3v) is 5.93. The van der Waals surface area contributed by atoms with Gasteiger partial charge in [-0.3, -0.25) is 9.59 Å². The van der Waals surface area contributed by atoms with Crippen LogP contribution in [0.4, 0.5) is 11.4 Å². The van der Waals surface area contributed by atoms with Gasteiger partial charge in [-0.25, -0.2) is 9.59 Å². The maximum atomic E-state index is 13.1. The first-order valence-corrected chi connectivity index (χ1v) is 11.8. The normalized spacial score (nSPS) is 10.4. The van der Waals surface area contributed by atoms with Crippen molar-refractivity contribution in [3.05, 3.63) is 107 Å². The van der Waals surface area contributed by atoms with Crippen LogP contribution in [0.5, 0.6) is 11.5 Å². The molecule has 4 aromatic rings. The number of Topliss-reactive ketones (excluding diaryl/α,β-unsaturated/α-hetero) is 1. The topological polar surface area (TPSA) is 142 Å². The van der Waals surface area contributed by atoms with Crippen LogP contribution in [-0.2, 0) is 0 Å². The minimum atomic E-state index is -1.29. The number of hydrogen-bond acceptors (Lipinski definition) is 6. The van der Waals surface area contributed by atoms with E-state index in [1.54, 1.807) is 31.3 Å². The largest absolute Gasteiger partial charge is 0.478 e. The molecule has 0 heterocycles. The molecule has 0 aliphatic rings. The number of amides is 1. The van der Waals surface area contributed by atoms with Crippen LogP contribution in [0.1, 0.15) is 48.4 Å². The Morgan fingerprint density at radius 1 is 0.641 bits per heavy atom. The van der Waals surface area contributed by atoms with Crippen molar-refractivity contribution in [1.29, 1.82) is 0 Å². The van der Waals surface area contributed by atoms with Gasteiger partial charge in [0.05, 0.1) is 16.7 Å². The van der Waals surface area contributed by atoms with Crippen LogP contribution in [0.25, 0.3) is 11.1 Å². The van der Waals surface area contributed by atoms with Gasteiger partial charge < -0.3 is 25.6 Å².